The molecule has 0 spiro atoms. The number of ether oxygens (including phenoxy) is 1. The van der Waals surface area contributed by atoms with Gasteiger partial charge in [0.1, 0.15) is 11.4 Å². The second kappa shape index (κ2) is 5.60. The average Bonchev–Trinajstić information content (AvgIpc) is 2.75. The first-order chi connectivity index (χ1) is 9.54. The molecule has 0 aromatic carbocycles. The van der Waals surface area contributed by atoms with Gasteiger partial charge in [0.05, 0.1) is 12.8 Å². The summed E-state index contributed by atoms with van der Waals surface area (Å²) in [5.41, 5.74) is 6.98. The Kier molecular flexibility index (Phi) is 3.88. The van der Waals surface area contributed by atoms with Gasteiger partial charge in [-0.25, -0.2) is 9.48 Å². The maximum atomic E-state index is 11.9. The molecule has 3 N–H and O–H groups in total. The molecule has 7 nitrogen and oxygen atoms in total. The molecule has 0 bridgehead atoms. The van der Waals surface area contributed by atoms with Gasteiger partial charge in [-0.2, -0.15) is 0 Å². The fourth-order valence-electron chi connectivity index (χ4n) is 1.79. The fourth-order valence-corrected chi connectivity index (χ4v) is 1.79. The lowest BCUT2D eigenvalue weighted by atomic mass is 10.2. The maximum absolute atomic E-state index is 11.9. The van der Waals surface area contributed by atoms with Crippen LogP contribution in [0.1, 0.15) is 24.2 Å². The van der Waals surface area contributed by atoms with Crippen LogP contribution in [0.2, 0.25) is 0 Å². The normalized spacial score (nSPS) is 10.6. The van der Waals surface area contributed by atoms with Gasteiger partial charge >= 0.3 is 5.97 Å². The van der Waals surface area contributed by atoms with Crippen LogP contribution in [0.3, 0.4) is 0 Å². The molecule has 0 aliphatic carbocycles. The van der Waals surface area contributed by atoms with Crippen molar-refractivity contribution in [3.8, 4) is 5.69 Å². The minimum absolute atomic E-state index is 0.110. The molecule has 0 aliphatic heterocycles. The number of methoxy groups -OCH3 is 1. The summed E-state index contributed by atoms with van der Waals surface area (Å²) in [4.78, 5) is 15.8. The summed E-state index contributed by atoms with van der Waals surface area (Å²) in [5, 5.41) is 7.43. The monoisotopic (exact) mass is 275 g/mol. The lowest BCUT2D eigenvalue weighted by molar-refractivity contribution is 0.0603. The number of hydrogen-bond donors (Lipinski definition) is 2. The maximum Gasteiger partial charge on any atom is 0.345 e. The van der Waals surface area contributed by atoms with E-state index in [9.17, 15) is 4.79 Å². The minimum Gasteiger partial charge on any atom is -0.465 e. The van der Waals surface area contributed by atoms with Crippen LogP contribution in [-0.2, 0) is 4.74 Å². The van der Waals surface area contributed by atoms with Crippen molar-refractivity contribution in [1.82, 2.24) is 14.8 Å². The Hall–Kier alpha value is -2.57. The third-order valence-corrected chi connectivity index (χ3v) is 2.64. The summed E-state index contributed by atoms with van der Waals surface area (Å²) in [7, 11) is 1.31. The lowest BCUT2D eigenvalue weighted by Gasteiger charge is -2.07. The van der Waals surface area contributed by atoms with Gasteiger partial charge in [-0.05, 0) is 26.0 Å². The van der Waals surface area contributed by atoms with E-state index in [1.54, 1.807) is 24.5 Å². The van der Waals surface area contributed by atoms with E-state index in [-0.39, 0.29) is 17.4 Å². The number of rotatable bonds is 4. The number of hydrogen-bond acceptors (Lipinski definition) is 6. The number of anilines is 2. The minimum atomic E-state index is -0.522. The summed E-state index contributed by atoms with van der Waals surface area (Å²) in [6.45, 7) is 3.89. The molecule has 2 rings (SSSR count). The number of nitrogen functional groups attached to an aromatic ring is 1. The van der Waals surface area contributed by atoms with Crippen LogP contribution in [0, 0.1) is 0 Å². The number of esters is 1. The first-order valence-corrected chi connectivity index (χ1v) is 6.18. The molecule has 0 amide bonds. The molecule has 0 radical (unpaired) electrons. The van der Waals surface area contributed by atoms with Crippen LogP contribution in [0.5, 0.6) is 0 Å². The summed E-state index contributed by atoms with van der Waals surface area (Å²) in [5.74, 6) is 0.110. The Bertz CT molecular complexity index is 607. The number of aromatic nitrogens is 3. The van der Waals surface area contributed by atoms with E-state index in [0.29, 0.717) is 5.82 Å². The van der Waals surface area contributed by atoms with Gasteiger partial charge in [0, 0.05) is 18.4 Å². The van der Waals surface area contributed by atoms with Crippen molar-refractivity contribution in [2.45, 2.75) is 19.9 Å². The van der Waals surface area contributed by atoms with Crippen LogP contribution in [0.15, 0.2) is 24.5 Å². The van der Waals surface area contributed by atoms with Crippen molar-refractivity contribution in [3.05, 3.63) is 30.1 Å². The SMILES string of the molecule is COC(=O)c1c(NC(C)C)nn(-c2ccncc2)c1N. The third kappa shape index (κ3) is 2.56. The standard InChI is InChI=1S/C13H17N5O2/c1-8(2)16-12-10(13(19)20-3)11(14)18(17-12)9-4-6-15-7-5-9/h4-8H,14H2,1-3H3,(H,16,17). The second-order valence-corrected chi connectivity index (χ2v) is 4.52. The zero-order valence-electron chi connectivity index (χ0n) is 11.6. The van der Waals surface area contributed by atoms with E-state index >= 15 is 0 Å². The van der Waals surface area contributed by atoms with E-state index in [1.807, 2.05) is 13.8 Å². The van der Waals surface area contributed by atoms with E-state index in [2.05, 4.69) is 15.4 Å². The summed E-state index contributed by atoms with van der Waals surface area (Å²) in [6, 6.07) is 3.62. The molecule has 20 heavy (non-hydrogen) atoms. The van der Waals surface area contributed by atoms with Gasteiger partial charge < -0.3 is 15.8 Å². The average molecular weight is 275 g/mol. The van der Waals surface area contributed by atoms with Crippen LogP contribution < -0.4 is 11.1 Å². The molecule has 0 aliphatic rings. The van der Waals surface area contributed by atoms with Gasteiger partial charge in [0.25, 0.3) is 0 Å². The van der Waals surface area contributed by atoms with Crippen LogP contribution in [-0.4, -0.2) is 33.9 Å². The Morgan fingerprint density at radius 2 is 2.05 bits per heavy atom. The first-order valence-electron chi connectivity index (χ1n) is 6.18. The molecule has 0 fully saturated rings. The number of nitrogens with two attached hydrogens (primary N) is 1. The summed E-state index contributed by atoms with van der Waals surface area (Å²) >= 11 is 0. The van der Waals surface area contributed by atoms with Crippen molar-refractivity contribution < 1.29 is 9.53 Å². The number of carbonyl (C=O) groups excluding carboxylic acids is 1. The second-order valence-electron chi connectivity index (χ2n) is 4.52. The molecular formula is C13H17N5O2. The van der Waals surface area contributed by atoms with Crippen LogP contribution in [0.4, 0.5) is 11.6 Å². The molecule has 0 saturated carbocycles. The van der Waals surface area contributed by atoms with Crippen LogP contribution in [0.25, 0.3) is 5.69 Å². The van der Waals surface area contributed by atoms with Crippen molar-refractivity contribution in [2.75, 3.05) is 18.2 Å². The highest BCUT2D eigenvalue weighted by atomic mass is 16.5. The van der Waals surface area contributed by atoms with Gasteiger partial charge in [0.15, 0.2) is 5.82 Å². The molecule has 2 heterocycles. The molecular weight excluding hydrogens is 258 g/mol. The fraction of sp³-hybridized carbons (Fsp3) is 0.308. The Morgan fingerprint density at radius 1 is 1.40 bits per heavy atom. The molecule has 7 heteroatoms. The van der Waals surface area contributed by atoms with Crippen molar-refractivity contribution >= 4 is 17.6 Å². The Balaban J connectivity index is 2.55. The highest BCUT2D eigenvalue weighted by molar-refractivity contribution is 6.00. The molecule has 106 valence electrons. The molecule has 2 aromatic heterocycles. The molecule has 2 aromatic rings. The molecule has 0 atom stereocenters. The lowest BCUT2D eigenvalue weighted by Crippen LogP contribution is -2.14. The number of nitrogens with one attached hydrogen (secondary N) is 1. The van der Waals surface area contributed by atoms with Gasteiger partial charge in [-0.3, -0.25) is 4.98 Å². The van der Waals surface area contributed by atoms with E-state index in [0.717, 1.165) is 5.69 Å². The number of nitrogens with zero attached hydrogens (tertiary/aromatic N) is 3. The topological polar surface area (TPSA) is 95.1 Å². The van der Waals surface area contributed by atoms with Gasteiger partial charge in [-0.1, -0.05) is 0 Å². The Labute approximate surface area is 116 Å². The zero-order chi connectivity index (χ0) is 14.7. The van der Waals surface area contributed by atoms with Gasteiger partial charge in [-0.15, -0.1) is 5.10 Å². The number of pyridine rings is 1. The van der Waals surface area contributed by atoms with E-state index in [4.69, 9.17) is 10.5 Å². The molecule has 0 saturated heterocycles. The summed E-state index contributed by atoms with van der Waals surface area (Å²) in [6.07, 6.45) is 3.26. The highest BCUT2D eigenvalue weighted by Gasteiger charge is 2.24. The first kappa shape index (κ1) is 13.9. The highest BCUT2D eigenvalue weighted by Crippen LogP contribution is 2.26. The summed E-state index contributed by atoms with van der Waals surface area (Å²) < 4.78 is 6.25. The van der Waals surface area contributed by atoms with Crippen molar-refractivity contribution in [2.24, 2.45) is 0 Å². The predicted octanol–water partition coefficient (Wildman–Crippen LogP) is 1.46. The van der Waals surface area contributed by atoms with Gasteiger partial charge in [0.2, 0.25) is 0 Å². The quantitative estimate of drug-likeness (QED) is 0.820. The van der Waals surface area contributed by atoms with Crippen LogP contribution >= 0.6 is 0 Å². The van der Waals surface area contributed by atoms with Crippen molar-refractivity contribution in [3.63, 3.8) is 0 Å². The van der Waals surface area contributed by atoms with E-state index in [1.165, 1.54) is 11.8 Å². The van der Waals surface area contributed by atoms with E-state index < -0.39 is 5.97 Å². The number of carbonyl (C=O) groups is 1. The zero-order valence-corrected chi connectivity index (χ0v) is 11.6. The molecule has 0 unspecified atom stereocenters. The predicted molar refractivity (Wildman–Crippen MR) is 75.9 cm³/mol. The Morgan fingerprint density at radius 3 is 2.60 bits per heavy atom. The largest absolute Gasteiger partial charge is 0.465 e. The third-order valence-electron chi connectivity index (χ3n) is 2.64. The smallest absolute Gasteiger partial charge is 0.345 e. The van der Waals surface area contributed by atoms with Crippen molar-refractivity contribution in [1.29, 1.82) is 0 Å².